The molecule has 4 nitrogen and oxygen atoms in total. The van der Waals surface area contributed by atoms with E-state index in [2.05, 4.69) is 31.4 Å². The predicted octanol–water partition coefficient (Wildman–Crippen LogP) is 2.41. The van der Waals surface area contributed by atoms with Crippen LogP contribution in [0.25, 0.3) is 0 Å². The third-order valence-corrected chi connectivity index (χ3v) is 3.29. The SMILES string of the molecule is Cc1ccc(C(=O)NCc2ccn[nH]2)cc1Br. The number of benzene rings is 1. The first kappa shape index (κ1) is 11.9. The molecular weight excluding hydrogens is 282 g/mol. The minimum Gasteiger partial charge on any atom is -0.346 e. The smallest absolute Gasteiger partial charge is 0.251 e. The first-order valence-electron chi connectivity index (χ1n) is 5.19. The molecule has 0 bridgehead atoms. The van der Waals surface area contributed by atoms with Crippen LogP contribution in [-0.2, 0) is 6.54 Å². The lowest BCUT2D eigenvalue weighted by atomic mass is 10.1. The fourth-order valence-electron chi connectivity index (χ4n) is 1.39. The Bertz CT molecular complexity index is 523. The van der Waals surface area contributed by atoms with Gasteiger partial charge in [0.05, 0.1) is 12.2 Å². The van der Waals surface area contributed by atoms with Crippen molar-refractivity contribution in [1.82, 2.24) is 15.5 Å². The van der Waals surface area contributed by atoms with Crippen molar-refractivity contribution < 1.29 is 4.79 Å². The van der Waals surface area contributed by atoms with Crippen LogP contribution in [-0.4, -0.2) is 16.1 Å². The zero-order valence-electron chi connectivity index (χ0n) is 9.33. The fourth-order valence-corrected chi connectivity index (χ4v) is 1.77. The van der Waals surface area contributed by atoms with Crippen molar-refractivity contribution in [3.05, 3.63) is 51.8 Å². The molecule has 0 aliphatic rings. The van der Waals surface area contributed by atoms with Gasteiger partial charge in [0.2, 0.25) is 0 Å². The van der Waals surface area contributed by atoms with E-state index < -0.39 is 0 Å². The fraction of sp³-hybridized carbons (Fsp3) is 0.167. The minimum absolute atomic E-state index is 0.0969. The molecule has 1 heterocycles. The Kier molecular flexibility index (Phi) is 3.58. The Morgan fingerprint density at radius 1 is 1.47 bits per heavy atom. The number of aromatic amines is 1. The summed E-state index contributed by atoms with van der Waals surface area (Å²) in [5.74, 6) is -0.0969. The average molecular weight is 294 g/mol. The van der Waals surface area contributed by atoms with Gasteiger partial charge in [-0.25, -0.2) is 0 Å². The van der Waals surface area contributed by atoms with Gasteiger partial charge >= 0.3 is 0 Å². The number of carbonyl (C=O) groups is 1. The maximum atomic E-state index is 11.8. The molecule has 0 fully saturated rings. The van der Waals surface area contributed by atoms with Crippen LogP contribution in [0.15, 0.2) is 34.9 Å². The number of rotatable bonds is 3. The lowest BCUT2D eigenvalue weighted by Gasteiger charge is -2.05. The van der Waals surface area contributed by atoms with Gasteiger partial charge in [-0.15, -0.1) is 0 Å². The lowest BCUT2D eigenvalue weighted by molar-refractivity contribution is 0.0950. The maximum absolute atomic E-state index is 11.8. The van der Waals surface area contributed by atoms with Crippen molar-refractivity contribution in [2.24, 2.45) is 0 Å². The van der Waals surface area contributed by atoms with Crippen LogP contribution >= 0.6 is 15.9 Å². The molecule has 2 rings (SSSR count). The number of aryl methyl sites for hydroxylation is 1. The van der Waals surface area contributed by atoms with Crippen molar-refractivity contribution in [2.75, 3.05) is 0 Å². The number of H-pyrrole nitrogens is 1. The number of hydrogen-bond donors (Lipinski definition) is 2. The molecule has 0 saturated heterocycles. The standard InChI is InChI=1S/C12H12BrN3O/c1-8-2-3-9(6-11(8)13)12(17)14-7-10-4-5-15-16-10/h2-6H,7H2,1H3,(H,14,17)(H,15,16). The van der Waals surface area contributed by atoms with Crippen molar-refractivity contribution in [1.29, 1.82) is 0 Å². The highest BCUT2D eigenvalue weighted by molar-refractivity contribution is 9.10. The van der Waals surface area contributed by atoms with Crippen LogP contribution in [0.3, 0.4) is 0 Å². The van der Waals surface area contributed by atoms with Crippen molar-refractivity contribution in [3.8, 4) is 0 Å². The van der Waals surface area contributed by atoms with E-state index in [0.29, 0.717) is 12.1 Å². The number of hydrogen-bond acceptors (Lipinski definition) is 2. The molecule has 1 amide bonds. The summed E-state index contributed by atoms with van der Waals surface area (Å²) in [5.41, 5.74) is 2.63. The second-order valence-electron chi connectivity index (χ2n) is 3.73. The highest BCUT2D eigenvalue weighted by Gasteiger charge is 2.06. The van der Waals surface area contributed by atoms with Crippen LogP contribution in [0.4, 0.5) is 0 Å². The average Bonchev–Trinajstić information content (AvgIpc) is 2.82. The molecule has 0 atom stereocenters. The highest BCUT2D eigenvalue weighted by atomic mass is 79.9. The second kappa shape index (κ2) is 5.14. The molecule has 5 heteroatoms. The van der Waals surface area contributed by atoms with Crippen molar-refractivity contribution in [2.45, 2.75) is 13.5 Å². The van der Waals surface area contributed by atoms with E-state index in [1.807, 2.05) is 31.2 Å². The summed E-state index contributed by atoms with van der Waals surface area (Å²) >= 11 is 3.41. The highest BCUT2D eigenvalue weighted by Crippen LogP contribution is 2.17. The Morgan fingerprint density at radius 2 is 2.29 bits per heavy atom. The first-order chi connectivity index (χ1) is 8.16. The first-order valence-corrected chi connectivity index (χ1v) is 5.99. The summed E-state index contributed by atoms with van der Waals surface area (Å²) in [5, 5.41) is 9.42. The molecule has 88 valence electrons. The number of nitrogens with zero attached hydrogens (tertiary/aromatic N) is 1. The van der Waals surface area contributed by atoms with Crippen LogP contribution in [0.2, 0.25) is 0 Å². The van der Waals surface area contributed by atoms with Gasteiger partial charge in [-0.1, -0.05) is 22.0 Å². The molecule has 0 radical (unpaired) electrons. The van der Waals surface area contributed by atoms with E-state index in [-0.39, 0.29) is 5.91 Å². The zero-order chi connectivity index (χ0) is 12.3. The molecule has 0 saturated carbocycles. The van der Waals surface area contributed by atoms with E-state index in [1.165, 1.54) is 0 Å². The number of aromatic nitrogens is 2. The summed E-state index contributed by atoms with van der Waals surface area (Å²) in [6.45, 7) is 2.43. The van der Waals surface area contributed by atoms with Gasteiger partial charge in [0, 0.05) is 16.2 Å². The van der Waals surface area contributed by atoms with E-state index in [0.717, 1.165) is 15.7 Å². The Balaban J connectivity index is 2.02. The Hall–Kier alpha value is -1.62. The number of carbonyl (C=O) groups excluding carboxylic acids is 1. The molecule has 2 aromatic rings. The molecule has 1 aromatic carbocycles. The van der Waals surface area contributed by atoms with Crippen LogP contribution in [0, 0.1) is 6.92 Å². The monoisotopic (exact) mass is 293 g/mol. The summed E-state index contributed by atoms with van der Waals surface area (Å²) in [4.78, 5) is 11.8. The van der Waals surface area contributed by atoms with Gasteiger partial charge in [0.15, 0.2) is 0 Å². The lowest BCUT2D eigenvalue weighted by Crippen LogP contribution is -2.23. The number of halogens is 1. The minimum atomic E-state index is -0.0969. The molecule has 0 unspecified atom stereocenters. The summed E-state index contributed by atoms with van der Waals surface area (Å²) < 4.78 is 0.937. The third kappa shape index (κ3) is 2.94. The van der Waals surface area contributed by atoms with Crippen molar-refractivity contribution in [3.63, 3.8) is 0 Å². The van der Waals surface area contributed by atoms with E-state index in [4.69, 9.17) is 0 Å². The second-order valence-corrected chi connectivity index (χ2v) is 4.58. The van der Waals surface area contributed by atoms with E-state index >= 15 is 0 Å². The molecule has 17 heavy (non-hydrogen) atoms. The molecule has 1 aromatic heterocycles. The van der Waals surface area contributed by atoms with Gasteiger partial charge in [-0.3, -0.25) is 9.89 Å². The van der Waals surface area contributed by atoms with Gasteiger partial charge in [0.25, 0.3) is 5.91 Å². The number of amides is 1. The molecule has 0 aliphatic carbocycles. The summed E-state index contributed by atoms with van der Waals surface area (Å²) in [7, 11) is 0. The molecule has 0 spiro atoms. The molecular formula is C12H12BrN3O. The van der Waals surface area contributed by atoms with Crippen molar-refractivity contribution >= 4 is 21.8 Å². The van der Waals surface area contributed by atoms with Crippen LogP contribution < -0.4 is 5.32 Å². The zero-order valence-corrected chi connectivity index (χ0v) is 10.9. The quantitative estimate of drug-likeness (QED) is 0.913. The maximum Gasteiger partial charge on any atom is 0.251 e. The molecule has 2 N–H and O–H groups in total. The van der Waals surface area contributed by atoms with Gasteiger partial charge in [-0.2, -0.15) is 5.10 Å². The van der Waals surface area contributed by atoms with E-state index in [1.54, 1.807) is 6.20 Å². The third-order valence-electron chi connectivity index (χ3n) is 2.43. The van der Waals surface area contributed by atoms with Gasteiger partial charge in [0.1, 0.15) is 0 Å². The largest absolute Gasteiger partial charge is 0.346 e. The Morgan fingerprint density at radius 3 is 2.94 bits per heavy atom. The summed E-state index contributed by atoms with van der Waals surface area (Å²) in [6.07, 6.45) is 1.66. The summed E-state index contributed by atoms with van der Waals surface area (Å²) in [6, 6.07) is 7.36. The van der Waals surface area contributed by atoms with Crippen LogP contribution in [0.5, 0.6) is 0 Å². The predicted molar refractivity (Wildman–Crippen MR) is 68.6 cm³/mol. The van der Waals surface area contributed by atoms with Crippen LogP contribution in [0.1, 0.15) is 21.6 Å². The normalized spacial score (nSPS) is 10.2. The Labute approximate surface area is 108 Å². The molecule has 0 aliphatic heterocycles. The van der Waals surface area contributed by atoms with E-state index in [9.17, 15) is 4.79 Å². The van der Waals surface area contributed by atoms with Gasteiger partial charge < -0.3 is 5.32 Å². The van der Waals surface area contributed by atoms with Gasteiger partial charge in [-0.05, 0) is 30.7 Å². The number of nitrogens with one attached hydrogen (secondary N) is 2. The topological polar surface area (TPSA) is 57.8 Å².